The van der Waals surface area contributed by atoms with Crippen LogP contribution in [-0.4, -0.2) is 40.1 Å². The average molecular weight is 510 g/mol. The number of aryl methyl sites for hydroxylation is 1. The van der Waals surface area contributed by atoms with Gasteiger partial charge < -0.3 is 10.2 Å². The van der Waals surface area contributed by atoms with Gasteiger partial charge in [0, 0.05) is 23.0 Å². The van der Waals surface area contributed by atoms with Gasteiger partial charge in [-0.15, -0.1) is 0 Å². The molecule has 2 heterocycles. The highest BCUT2D eigenvalue weighted by Crippen LogP contribution is 2.46. The van der Waals surface area contributed by atoms with Crippen molar-refractivity contribution in [1.82, 2.24) is 4.90 Å². The van der Waals surface area contributed by atoms with Crippen LogP contribution in [0.1, 0.15) is 63.6 Å². The van der Waals surface area contributed by atoms with Crippen LogP contribution in [-0.2, 0) is 9.59 Å². The van der Waals surface area contributed by atoms with E-state index in [0.29, 0.717) is 22.6 Å². The van der Waals surface area contributed by atoms with Gasteiger partial charge in [-0.3, -0.25) is 19.3 Å². The van der Waals surface area contributed by atoms with Gasteiger partial charge in [0.25, 0.3) is 11.1 Å². The Bertz CT molecular complexity index is 1250. The third-order valence-electron chi connectivity index (χ3n) is 6.77. The Kier molecular flexibility index (Phi) is 7.01. The summed E-state index contributed by atoms with van der Waals surface area (Å²) in [4.78, 5) is 41.7. The molecule has 0 aliphatic carbocycles. The van der Waals surface area contributed by atoms with Gasteiger partial charge in [-0.1, -0.05) is 6.92 Å². The Morgan fingerprint density at radius 1 is 1.22 bits per heavy atom. The van der Waals surface area contributed by atoms with Crippen LogP contribution in [0, 0.1) is 12.7 Å². The predicted octanol–water partition coefficient (Wildman–Crippen LogP) is 6.31. The molecule has 1 fully saturated rings. The van der Waals surface area contributed by atoms with Gasteiger partial charge in [0.2, 0.25) is 5.91 Å². The van der Waals surface area contributed by atoms with Crippen LogP contribution < -0.4 is 10.2 Å². The van der Waals surface area contributed by atoms with Crippen molar-refractivity contribution in [2.45, 2.75) is 65.5 Å². The number of benzene rings is 2. The molecule has 2 aliphatic rings. The van der Waals surface area contributed by atoms with Crippen LogP contribution >= 0.6 is 11.8 Å². The molecule has 36 heavy (non-hydrogen) atoms. The summed E-state index contributed by atoms with van der Waals surface area (Å²) in [6.45, 7) is 12.8. The Hall–Kier alpha value is -3.13. The van der Waals surface area contributed by atoms with Crippen molar-refractivity contribution in [1.29, 1.82) is 0 Å². The number of nitrogens with zero attached hydrogens (tertiary/aromatic N) is 2. The molecule has 1 saturated heterocycles. The van der Waals surface area contributed by atoms with Crippen molar-refractivity contribution in [3.8, 4) is 0 Å². The van der Waals surface area contributed by atoms with Crippen LogP contribution in [0.4, 0.5) is 20.6 Å². The smallest absolute Gasteiger partial charge is 0.294 e. The van der Waals surface area contributed by atoms with Gasteiger partial charge in [0.1, 0.15) is 12.4 Å². The third kappa shape index (κ3) is 5.05. The fourth-order valence-corrected chi connectivity index (χ4v) is 6.23. The predicted molar refractivity (Wildman–Crippen MR) is 144 cm³/mol. The standard InChI is InChI=1S/C28H32FN3O3S/c1-16(2)32-23-11-17(3)19(12-22(23)18(4)14-28(32,5)6)13-24-26(34)31(27(35)36-24)15-25(33)30-21-9-7-20(29)8-10-21/h7-13,16,18H,14-15H2,1-6H3,(H,30,33)/b24-13-. The van der Waals surface area contributed by atoms with Crippen molar-refractivity contribution in [3.63, 3.8) is 0 Å². The highest BCUT2D eigenvalue weighted by Gasteiger charge is 2.39. The van der Waals surface area contributed by atoms with E-state index in [-0.39, 0.29) is 5.54 Å². The summed E-state index contributed by atoms with van der Waals surface area (Å²) < 4.78 is 13.1. The molecule has 190 valence electrons. The highest BCUT2D eigenvalue weighted by atomic mass is 32.2. The summed E-state index contributed by atoms with van der Waals surface area (Å²) >= 11 is 0.838. The highest BCUT2D eigenvalue weighted by molar-refractivity contribution is 8.18. The van der Waals surface area contributed by atoms with Crippen molar-refractivity contribution >= 4 is 46.3 Å². The first-order chi connectivity index (χ1) is 16.9. The van der Waals surface area contributed by atoms with Crippen LogP contribution in [0.25, 0.3) is 6.08 Å². The minimum atomic E-state index is -0.527. The molecule has 2 aromatic rings. The number of fused-ring (bicyclic) bond motifs is 1. The second kappa shape index (κ2) is 9.73. The number of carbonyl (C=O) groups is 3. The molecule has 1 unspecified atom stereocenters. The summed E-state index contributed by atoms with van der Waals surface area (Å²) in [5.74, 6) is -1.09. The minimum absolute atomic E-state index is 0.0334. The maximum atomic E-state index is 13.1. The lowest BCUT2D eigenvalue weighted by molar-refractivity contribution is -0.127. The Balaban J connectivity index is 1.56. The Morgan fingerprint density at radius 2 is 1.89 bits per heavy atom. The Morgan fingerprint density at radius 3 is 2.53 bits per heavy atom. The second-order valence-corrected chi connectivity index (χ2v) is 11.5. The number of imide groups is 1. The molecule has 8 heteroatoms. The SMILES string of the molecule is Cc1cc2c(cc1/C=C1\SC(=O)N(CC(=O)Nc3ccc(F)cc3)C1=O)C(C)CC(C)(C)N2C(C)C. The van der Waals surface area contributed by atoms with E-state index in [1.165, 1.54) is 35.5 Å². The van der Waals surface area contributed by atoms with E-state index >= 15 is 0 Å². The summed E-state index contributed by atoms with van der Waals surface area (Å²) in [6, 6.07) is 9.94. The van der Waals surface area contributed by atoms with Crippen molar-refractivity contribution < 1.29 is 18.8 Å². The molecule has 1 N–H and O–H groups in total. The molecule has 0 radical (unpaired) electrons. The molecule has 0 bridgehead atoms. The number of halogens is 1. The Labute approximate surface area is 215 Å². The molecule has 6 nitrogen and oxygen atoms in total. The number of rotatable bonds is 5. The zero-order valence-corrected chi connectivity index (χ0v) is 22.3. The zero-order chi connectivity index (χ0) is 26.4. The molecule has 0 saturated carbocycles. The van der Waals surface area contributed by atoms with E-state index in [2.05, 4.69) is 57.0 Å². The topological polar surface area (TPSA) is 69.7 Å². The van der Waals surface area contributed by atoms with E-state index in [1.54, 1.807) is 6.08 Å². The van der Waals surface area contributed by atoms with Gasteiger partial charge in [0.15, 0.2) is 0 Å². The van der Waals surface area contributed by atoms with Gasteiger partial charge in [0.05, 0.1) is 4.91 Å². The summed E-state index contributed by atoms with van der Waals surface area (Å²) in [7, 11) is 0. The lowest BCUT2D eigenvalue weighted by Crippen LogP contribution is -2.51. The van der Waals surface area contributed by atoms with Gasteiger partial charge in [-0.25, -0.2) is 4.39 Å². The quantitative estimate of drug-likeness (QED) is 0.479. The lowest BCUT2D eigenvalue weighted by Gasteiger charge is -2.50. The van der Waals surface area contributed by atoms with E-state index < -0.39 is 29.4 Å². The number of hydrogen-bond acceptors (Lipinski definition) is 5. The van der Waals surface area contributed by atoms with Crippen molar-refractivity contribution in [2.24, 2.45) is 0 Å². The zero-order valence-electron chi connectivity index (χ0n) is 21.5. The number of anilines is 2. The largest absolute Gasteiger partial charge is 0.364 e. The number of carbonyl (C=O) groups excluding carboxylic acids is 3. The van der Waals surface area contributed by atoms with Gasteiger partial charge in [-0.2, -0.15) is 0 Å². The van der Waals surface area contributed by atoms with Gasteiger partial charge >= 0.3 is 0 Å². The fourth-order valence-electron chi connectivity index (χ4n) is 5.40. The molecule has 1 atom stereocenters. The normalized spacial score (nSPS) is 20.3. The average Bonchev–Trinajstić information content (AvgIpc) is 3.03. The molecule has 0 aromatic heterocycles. The maximum Gasteiger partial charge on any atom is 0.294 e. The molecule has 3 amide bonds. The fraction of sp³-hybridized carbons (Fsp3) is 0.393. The summed E-state index contributed by atoms with van der Waals surface area (Å²) in [5, 5.41) is 2.10. The summed E-state index contributed by atoms with van der Waals surface area (Å²) in [5.41, 5.74) is 4.79. The molecule has 2 aliphatic heterocycles. The first kappa shape index (κ1) is 25.9. The lowest BCUT2D eigenvalue weighted by atomic mass is 9.78. The maximum absolute atomic E-state index is 13.1. The van der Waals surface area contributed by atoms with E-state index in [0.717, 1.165) is 34.2 Å². The monoisotopic (exact) mass is 509 g/mol. The van der Waals surface area contributed by atoms with E-state index in [1.807, 2.05) is 6.92 Å². The summed E-state index contributed by atoms with van der Waals surface area (Å²) in [6.07, 6.45) is 2.77. The molecule has 4 rings (SSSR count). The van der Waals surface area contributed by atoms with Crippen LogP contribution in [0.5, 0.6) is 0 Å². The molecule has 2 aromatic carbocycles. The first-order valence-corrected chi connectivity index (χ1v) is 12.9. The van der Waals surface area contributed by atoms with Crippen molar-refractivity contribution in [2.75, 3.05) is 16.8 Å². The first-order valence-electron chi connectivity index (χ1n) is 12.1. The number of thioether (sulfide) groups is 1. The van der Waals surface area contributed by atoms with Gasteiger partial charge in [-0.05, 0) is 118 Å². The second-order valence-electron chi connectivity index (χ2n) is 10.5. The van der Waals surface area contributed by atoms with Crippen molar-refractivity contribution in [3.05, 3.63) is 63.8 Å². The minimum Gasteiger partial charge on any atom is -0.364 e. The van der Waals surface area contributed by atoms with Crippen LogP contribution in [0.2, 0.25) is 0 Å². The number of nitrogens with one attached hydrogen (secondary N) is 1. The molecular weight excluding hydrogens is 477 g/mol. The number of amides is 3. The van der Waals surface area contributed by atoms with Crippen LogP contribution in [0.15, 0.2) is 41.3 Å². The molecule has 0 spiro atoms. The number of hydrogen-bond donors (Lipinski definition) is 1. The van der Waals surface area contributed by atoms with E-state index in [9.17, 15) is 18.8 Å². The third-order valence-corrected chi connectivity index (χ3v) is 7.68. The van der Waals surface area contributed by atoms with Crippen LogP contribution in [0.3, 0.4) is 0 Å². The molecular formula is C28H32FN3O3S. The van der Waals surface area contributed by atoms with E-state index in [4.69, 9.17) is 0 Å².